The molecule has 2 amide bonds. The molecule has 0 saturated carbocycles. The van der Waals surface area contributed by atoms with Crippen molar-refractivity contribution in [3.05, 3.63) is 65.4 Å². The zero-order valence-electron chi connectivity index (χ0n) is 22.8. The second kappa shape index (κ2) is 12.1. The van der Waals surface area contributed by atoms with Crippen LogP contribution in [0, 0.1) is 0 Å². The van der Waals surface area contributed by atoms with E-state index in [0.29, 0.717) is 28.9 Å². The minimum Gasteiger partial charge on any atom is -0.492 e. The molecule has 5 rings (SSSR count). The molecule has 0 unspecified atom stereocenters. The number of anilines is 2. The van der Waals surface area contributed by atoms with Crippen LogP contribution in [-0.4, -0.2) is 65.7 Å². The number of nitrogens with one attached hydrogen (secondary N) is 3. The molecule has 210 valence electrons. The number of hydrogen-bond acceptors (Lipinski definition) is 7. The lowest BCUT2D eigenvalue weighted by Crippen LogP contribution is -2.38. The number of rotatable bonds is 8. The standard InChI is InChI=1S/C29H33ClN6O4/c1-29(2,3)26-18-27(35-40-26)32-28(37)31-20-6-4-19(5-7-20)24-17-25(34-33-24)22-9-8-21(16-23(22)30)39-15-12-36-10-13-38-14-11-36/h4-9,16-18H,10-15H2,1-3H3,(H,33,34)(H2,31,32,35,37). The van der Waals surface area contributed by atoms with E-state index in [1.165, 1.54) is 0 Å². The number of benzene rings is 2. The highest BCUT2D eigenvalue weighted by Crippen LogP contribution is 2.32. The molecule has 0 aliphatic carbocycles. The summed E-state index contributed by atoms with van der Waals surface area (Å²) in [4.78, 5) is 14.7. The first-order valence-corrected chi connectivity index (χ1v) is 13.6. The molecule has 3 N–H and O–H groups in total. The molecule has 1 aliphatic heterocycles. The van der Waals surface area contributed by atoms with Gasteiger partial charge in [0.1, 0.15) is 18.1 Å². The lowest BCUT2D eigenvalue weighted by Gasteiger charge is -2.26. The predicted molar refractivity (Wildman–Crippen MR) is 155 cm³/mol. The van der Waals surface area contributed by atoms with Gasteiger partial charge in [0, 0.05) is 47.9 Å². The maximum absolute atomic E-state index is 12.4. The van der Waals surface area contributed by atoms with E-state index in [-0.39, 0.29) is 5.41 Å². The second-order valence-corrected chi connectivity index (χ2v) is 11.0. The number of morpholine rings is 1. The number of ether oxygens (including phenoxy) is 2. The van der Waals surface area contributed by atoms with Crippen LogP contribution >= 0.6 is 11.6 Å². The van der Waals surface area contributed by atoms with Crippen LogP contribution in [-0.2, 0) is 10.2 Å². The molecule has 1 fully saturated rings. The van der Waals surface area contributed by atoms with Crippen molar-refractivity contribution in [1.82, 2.24) is 20.3 Å². The Labute approximate surface area is 238 Å². The zero-order chi connectivity index (χ0) is 28.1. The second-order valence-electron chi connectivity index (χ2n) is 10.6. The minimum absolute atomic E-state index is 0.197. The number of H-pyrrole nitrogens is 1. The molecule has 3 heterocycles. The van der Waals surface area contributed by atoms with Crippen LogP contribution in [0.4, 0.5) is 16.3 Å². The third-order valence-corrected chi connectivity index (χ3v) is 6.83. The number of aromatic nitrogens is 3. The van der Waals surface area contributed by atoms with Crippen LogP contribution < -0.4 is 15.4 Å². The fourth-order valence-electron chi connectivity index (χ4n) is 4.22. The fraction of sp³-hybridized carbons (Fsp3) is 0.345. The normalized spacial score (nSPS) is 14.2. The molecule has 2 aromatic carbocycles. The first-order valence-electron chi connectivity index (χ1n) is 13.2. The van der Waals surface area contributed by atoms with Crippen LogP contribution in [0.25, 0.3) is 22.5 Å². The van der Waals surface area contributed by atoms with Crippen LogP contribution in [0.1, 0.15) is 26.5 Å². The Morgan fingerprint density at radius 1 is 1.07 bits per heavy atom. The molecule has 1 saturated heterocycles. The van der Waals surface area contributed by atoms with Crippen molar-refractivity contribution in [2.45, 2.75) is 26.2 Å². The van der Waals surface area contributed by atoms with Crippen LogP contribution in [0.5, 0.6) is 5.75 Å². The maximum Gasteiger partial charge on any atom is 0.324 e. The number of carbonyl (C=O) groups is 1. The van der Waals surface area contributed by atoms with Gasteiger partial charge in [0.2, 0.25) is 0 Å². The van der Waals surface area contributed by atoms with Crippen molar-refractivity contribution in [2.75, 3.05) is 50.1 Å². The number of amides is 2. The van der Waals surface area contributed by atoms with Gasteiger partial charge in [-0.05, 0) is 36.4 Å². The number of halogens is 1. The summed E-state index contributed by atoms with van der Waals surface area (Å²) >= 11 is 6.59. The topological polar surface area (TPSA) is 118 Å². The van der Waals surface area contributed by atoms with Crippen molar-refractivity contribution < 1.29 is 18.8 Å². The largest absolute Gasteiger partial charge is 0.492 e. The first kappa shape index (κ1) is 27.7. The minimum atomic E-state index is -0.410. The number of aromatic amines is 1. The Morgan fingerprint density at radius 3 is 2.55 bits per heavy atom. The smallest absolute Gasteiger partial charge is 0.324 e. The average Bonchev–Trinajstić information content (AvgIpc) is 3.60. The van der Waals surface area contributed by atoms with Gasteiger partial charge in [0.05, 0.1) is 29.6 Å². The molecule has 1 aliphatic rings. The predicted octanol–water partition coefficient (Wildman–Crippen LogP) is 6.04. The lowest BCUT2D eigenvalue weighted by atomic mass is 9.93. The van der Waals surface area contributed by atoms with Crippen LogP contribution in [0.2, 0.25) is 5.02 Å². The molecule has 0 bridgehead atoms. The third kappa shape index (κ3) is 7.01. The van der Waals surface area contributed by atoms with E-state index in [9.17, 15) is 4.79 Å². The van der Waals surface area contributed by atoms with Gasteiger partial charge in [0.25, 0.3) is 0 Å². The molecule has 4 aromatic rings. The molecular weight excluding hydrogens is 532 g/mol. The van der Waals surface area contributed by atoms with Gasteiger partial charge in [-0.15, -0.1) is 0 Å². The summed E-state index contributed by atoms with van der Waals surface area (Å²) in [5.74, 6) is 1.77. The van der Waals surface area contributed by atoms with E-state index >= 15 is 0 Å². The van der Waals surface area contributed by atoms with Gasteiger partial charge in [-0.1, -0.05) is 49.7 Å². The summed E-state index contributed by atoms with van der Waals surface area (Å²) in [7, 11) is 0. The van der Waals surface area contributed by atoms with Crippen molar-refractivity contribution in [3.8, 4) is 28.3 Å². The number of hydrogen-bond donors (Lipinski definition) is 3. The summed E-state index contributed by atoms with van der Waals surface area (Å²) in [5.41, 5.74) is 3.70. The molecule has 10 nitrogen and oxygen atoms in total. The van der Waals surface area contributed by atoms with Gasteiger partial charge in [0.15, 0.2) is 5.82 Å². The molecule has 2 aromatic heterocycles. The van der Waals surface area contributed by atoms with Crippen molar-refractivity contribution in [1.29, 1.82) is 0 Å². The Morgan fingerprint density at radius 2 is 1.85 bits per heavy atom. The fourth-order valence-corrected chi connectivity index (χ4v) is 4.49. The molecule has 0 radical (unpaired) electrons. The summed E-state index contributed by atoms with van der Waals surface area (Å²) in [6.07, 6.45) is 0. The highest BCUT2D eigenvalue weighted by Gasteiger charge is 2.20. The van der Waals surface area contributed by atoms with Crippen molar-refractivity contribution in [3.63, 3.8) is 0 Å². The van der Waals surface area contributed by atoms with E-state index in [1.54, 1.807) is 6.07 Å². The van der Waals surface area contributed by atoms with Crippen LogP contribution in [0.3, 0.4) is 0 Å². The van der Waals surface area contributed by atoms with E-state index in [4.69, 9.17) is 25.6 Å². The lowest BCUT2D eigenvalue weighted by molar-refractivity contribution is 0.0322. The number of carbonyl (C=O) groups excluding carboxylic acids is 1. The van der Waals surface area contributed by atoms with E-state index in [0.717, 1.165) is 61.1 Å². The summed E-state index contributed by atoms with van der Waals surface area (Å²) in [6.45, 7) is 10.9. The first-order chi connectivity index (χ1) is 19.2. The Kier molecular flexibility index (Phi) is 8.39. The molecular formula is C29H33ClN6O4. The summed E-state index contributed by atoms with van der Waals surface area (Å²) < 4.78 is 16.6. The van der Waals surface area contributed by atoms with Crippen molar-refractivity contribution in [2.24, 2.45) is 0 Å². The number of nitrogens with zero attached hydrogens (tertiary/aromatic N) is 3. The summed E-state index contributed by atoms with van der Waals surface area (Å²) in [5, 5.41) is 17.5. The quantitative estimate of drug-likeness (QED) is 0.239. The molecule has 0 spiro atoms. The van der Waals surface area contributed by atoms with Gasteiger partial charge in [-0.3, -0.25) is 15.3 Å². The third-order valence-electron chi connectivity index (χ3n) is 6.52. The van der Waals surface area contributed by atoms with Gasteiger partial charge >= 0.3 is 6.03 Å². The van der Waals surface area contributed by atoms with Gasteiger partial charge in [-0.25, -0.2) is 4.79 Å². The molecule has 11 heteroatoms. The van der Waals surface area contributed by atoms with Gasteiger partial charge in [-0.2, -0.15) is 5.10 Å². The van der Waals surface area contributed by atoms with Gasteiger partial charge < -0.3 is 19.3 Å². The average molecular weight is 565 g/mol. The van der Waals surface area contributed by atoms with E-state index < -0.39 is 6.03 Å². The SMILES string of the molecule is CC(C)(C)c1cc(NC(=O)Nc2ccc(-c3cc(-c4ccc(OCCN5CCOCC5)cc4Cl)[nH]n3)cc2)no1. The molecule has 0 atom stereocenters. The van der Waals surface area contributed by atoms with E-state index in [2.05, 4.69) is 30.9 Å². The Hall–Kier alpha value is -3.86. The Bertz CT molecular complexity index is 1440. The monoisotopic (exact) mass is 564 g/mol. The highest BCUT2D eigenvalue weighted by molar-refractivity contribution is 6.33. The number of urea groups is 1. The van der Waals surface area contributed by atoms with E-state index in [1.807, 2.05) is 69.3 Å². The Balaban J connectivity index is 1.16. The molecule has 40 heavy (non-hydrogen) atoms. The van der Waals surface area contributed by atoms with Crippen LogP contribution in [0.15, 0.2) is 59.1 Å². The van der Waals surface area contributed by atoms with Crippen molar-refractivity contribution >= 4 is 29.1 Å². The maximum atomic E-state index is 12.4. The highest BCUT2D eigenvalue weighted by atomic mass is 35.5. The summed E-state index contributed by atoms with van der Waals surface area (Å²) in [6, 6.07) is 16.3. The zero-order valence-corrected chi connectivity index (χ0v) is 23.5.